The number of alkyl halides is 5. The van der Waals surface area contributed by atoms with Crippen LogP contribution in [0.2, 0.25) is 0 Å². The fourth-order valence-electron chi connectivity index (χ4n) is 3.14. The third kappa shape index (κ3) is 6.07. The Morgan fingerprint density at radius 2 is 1.64 bits per heavy atom. The lowest BCUT2D eigenvalue weighted by molar-refractivity contribution is -0.137. The van der Waals surface area contributed by atoms with Gasteiger partial charge in [0.25, 0.3) is 5.91 Å². The van der Waals surface area contributed by atoms with Crippen molar-refractivity contribution in [2.45, 2.75) is 45.0 Å². The van der Waals surface area contributed by atoms with E-state index in [1.807, 2.05) is 6.07 Å². The maximum absolute atomic E-state index is 13.5. The summed E-state index contributed by atoms with van der Waals surface area (Å²) in [6.45, 7) is 1.34. The molecule has 2 aromatic heterocycles. The van der Waals surface area contributed by atoms with E-state index in [0.717, 1.165) is 18.5 Å². The predicted molar refractivity (Wildman–Crippen MR) is 116 cm³/mol. The summed E-state index contributed by atoms with van der Waals surface area (Å²) in [6.07, 6.45) is -0.0661. The zero-order valence-electron chi connectivity index (χ0n) is 19.1. The van der Waals surface area contributed by atoms with Gasteiger partial charge in [0.15, 0.2) is 11.6 Å². The Balaban J connectivity index is 1.92. The summed E-state index contributed by atoms with van der Waals surface area (Å²) >= 11 is 0. The number of nitrogens with one attached hydrogen (secondary N) is 1. The number of nitriles is 1. The van der Waals surface area contributed by atoms with Crippen molar-refractivity contribution in [3.8, 4) is 23.3 Å². The fraction of sp³-hybridized carbons (Fsp3) is 0.304. The summed E-state index contributed by atoms with van der Waals surface area (Å²) < 4.78 is 69.3. The number of ether oxygens (including phenoxy) is 1. The van der Waals surface area contributed by atoms with Crippen molar-refractivity contribution < 1.29 is 31.5 Å². The van der Waals surface area contributed by atoms with Crippen LogP contribution in [0.15, 0.2) is 43.0 Å². The van der Waals surface area contributed by atoms with Crippen molar-refractivity contribution >= 4 is 5.91 Å². The van der Waals surface area contributed by atoms with Gasteiger partial charge in [-0.05, 0) is 44.5 Å². The lowest BCUT2D eigenvalue weighted by atomic mass is 9.84. The number of hydrogen-bond donors (Lipinski definition) is 1. The highest BCUT2D eigenvalue weighted by Crippen LogP contribution is 2.34. The molecule has 3 aromatic rings. The molecule has 0 bridgehead atoms. The average molecular weight is 506 g/mol. The number of benzene rings is 1. The SMILES string of the molecule is CC(NC(=O)c1cc(C(F)(F)F)cc(C(C)(C)C#N)c1)c1nccnc1-c1ncc(OC(F)F)cn1. The van der Waals surface area contributed by atoms with Gasteiger partial charge in [-0.25, -0.2) is 15.0 Å². The lowest BCUT2D eigenvalue weighted by Crippen LogP contribution is -2.29. The van der Waals surface area contributed by atoms with E-state index in [1.165, 1.54) is 39.2 Å². The Bertz CT molecular complexity index is 1290. The maximum Gasteiger partial charge on any atom is 0.416 e. The van der Waals surface area contributed by atoms with Crippen LogP contribution in [-0.4, -0.2) is 32.5 Å². The first-order valence-corrected chi connectivity index (χ1v) is 10.3. The molecule has 2 heterocycles. The van der Waals surface area contributed by atoms with Crippen LogP contribution >= 0.6 is 0 Å². The Hall–Kier alpha value is -4.21. The first-order valence-electron chi connectivity index (χ1n) is 10.3. The molecule has 8 nitrogen and oxygen atoms in total. The van der Waals surface area contributed by atoms with Gasteiger partial charge >= 0.3 is 12.8 Å². The van der Waals surface area contributed by atoms with Crippen LogP contribution in [0.1, 0.15) is 54.0 Å². The van der Waals surface area contributed by atoms with Crippen molar-refractivity contribution in [3.63, 3.8) is 0 Å². The topological polar surface area (TPSA) is 114 Å². The van der Waals surface area contributed by atoms with Crippen LogP contribution in [0.3, 0.4) is 0 Å². The molecular formula is C23H19F5N6O2. The number of rotatable bonds is 7. The zero-order chi connectivity index (χ0) is 26.7. The van der Waals surface area contributed by atoms with Crippen molar-refractivity contribution in [1.82, 2.24) is 25.3 Å². The molecule has 0 saturated carbocycles. The first-order chi connectivity index (χ1) is 16.8. The molecule has 0 aliphatic heterocycles. The lowest BCUT2D eigenvalue weighted by Gasteiger charge is -2.20. The molecule has 1 N–H and O–H groups in total. The largest absolute Gasteiger partial charge is 0.432 e. The van der Waals surface area contributed by atoms with E-state index >= 15 is 0 Å². The van der Waals surface area contributed by atoms with E-state index in [0.29, 0.717) is 6.07 Å². The van der Waals surface area contributed by atoms with E-state index in [9.17, 15) is 32.0 Å². The molecule has 0 spiro atoms. The summed E-state index contributed by atoms with van der Waals surface area (Å²) in [7, 11) is 0. The van der Waals surface area contributed by atoms with E-state index < -0.39 is 35.7 Å². The third-order valence-electron chi connectivity index (χ3n) is 5.07. The predicted octanol–water partition coefficient (Wildman–Crippen LogP) is 4.85. The second-order valence-electron chi connectivity index (χ2n) is 8.14. The summed E-state index contributed by atoms with van der Waals surface area (Å²) in [5.41, 5.74) is -2.33. The van der Waals surface area contributed by atoms with Crippen molar-refractivity contribution in [1.29, 1.82) is 5.26 Å². The van der Waals surface area contributed by atoms with Crippen LogP contribution in [0, 0.1) is 11.3 Å². The Morgan fingerprint density at radius 3 is 2.22 bits per heavy atom. The van der Waals surface area contributed by atoms with Crippen molar-refractivity contribution in [2.75, 3.05) is 0 Å². The van der Waals surface area contributed by atoms with Crippen LogP contribution in [0.25, 0.3) is 11.5 Å². The van der Waals surface area contributed by atoms with Gasteiger partial charge in [-0.3, -0.25) is 9.78 Å². The molecule has 0 fully saturated rings. The second-order valence-corrected chi connectivity index (χ2v) is 8.14. The van der Waals surface area contributed by atoms with E-state index in [1.54, 1.807) is 0 Å². The normalized spacial score (nSPS) is 12.7. The minimum atomic E-state index is -4.74. The van der Waals surface area contributed by atoms with Gasteiger partial charge in [0, 0.05) is 18.0 Å². The molecule has 1 aromatic carbocycles. The Labute approximate surface area is 202 Å². The molecule has 1 amide bonds. The van der Waals surface area contributed by atoms with Gasteiger partial charge in [0.1, 0.15) is 5.69 Å². The van der Waals surface area contributed by atoms with Gasteiger partial charge < -0.3 is 10.1 Å². The molecule has 0 aliphatic carbocycles. The quantitative estimate of drug-likeness (QED) is 0.456. The molecule has 1 atom stereocenters. The molecule has 0 aliphatic rings. The molecule has 1 unspecified atom stereocenters. The van der Waals surface area contributed by atoms with Crippen LogP contribution < -0.4 is 10.1 Å². The smallest absolute Gasteiger partial charge is 0.416 e. The van der Waals surface area contributed by atoms with E-state index in [-0.39, 0.29) is 34.1 Å². The molecular weight excluding hydrogens is 487 g/mol. The number of halogens is 5. The second kappa shape index (κ2) is 10.2. The summed E-state index contributed by atoms with van der Waals surface area (Å²) in [5.74, 6) is -1.12. The molecule has 3 rings (SSSR count). The molecule has 0 saturated heterocycles. The summed E-state index contributed by atoms with van der Waals surface area (Å²) in [6, 6.07) is 3.81. The number of carbonyl (C=O) groups is 1. The van der Waals surface area contributed by atoms with Crippen molar-refractivity contribution in [2.24, 2.45) is 0 Å². The number of hydrogen-bond acceptors (Lipinski definition) is 7. The van der Waals surface area contributed by atoms with E-state index in [2.05, 4.69) is 30.0 Å². The highest BCUT2D eigenvalue weighted by Gasteiger charge is 2.34. The zero-order valence-corrected chi connectivity index (χ0v) is 19.1. The van der Waals surface area contributed by atoms with Gasteiger partial charge in [-0.15, -0.1) is 0 Å². The fourth-order valence-corrected chi connectivity index (χ4v) is 3.14. The first kappa shape index (κ1) is 26.4. The third-order valence-corrected chi connectivity index (χ3v) is 5.07. The van der Waals surface area contributed by atoms with Gasteiger partial charge in [-0.1, -0.05) is 0 Å². The monoisotopic (exact) mass is 506 g/mol. The number of amides is 1. The molecule has 13 heteroatoms. The van der Waals surface area contributed by atoms with Crippen LogP contribution in [-0.2, 0) is 11.6 Å². The van der Waals surface area contributed by atoms with Crippen LogP contribution in [0.5, 0.6) is 5.75 Å². The number of aromatic nitrogens is 4. The highest BCUT2D eigenvalue weighted by atomic mass is 19.4. The summed E-state index contributed by atoms with van der Waals surface area (Å²) in [4.78, 5) is 29.1. The standard InChI is InChI=1S/C23H19F5N6O2/c1-12(17-18(31-5-4-30-17)19-32-9-16(10-33-19)36-21(24)25)34-20(35)13-6-14(22(2,3)11-29)8-15(7-13)23(26,27)28/h4-10,12,21H,1-3H3,(H,34,35). The van der Waals surface area contributed by atoms with Crippen LogP contribution in [0.4, 0.5) is 22.0 Å². The Morgan fingerprint density at radius 1 is 1.03 bits per heavy atom. The minimum Gasteiger partial charge on any atom is -0.432 e. The average Bonchev–Trinajstić information content (AvgIpc) is 2.83. The molecule has 188 valence electrons. The number of carbonyl (C=O) groups excluding carboxylic acids is 1. The molecule has 36 heavy (non-hydrogen) atoms. The molecule has 0 radical (unpaired) electrons. The van der Waals surface area contributed by atoms with Crippen molar-refractivity contribution in [3.05, 3.63) is 65.4 Å². The Kier molecular flexibility index (Phi) is 7.47. The van der Waals surface area contributed by atoms with Gasteiger partial charge in [0.05, 0.1) is 41.2 Å². The minimum absolute atomic E-state index is 0.00191. The summed E-state index contributed by atoms with van der Waals surface area (Å²) in [5, 5.41) is 11.9. The maximum atomic E-state index is 13.5. The highest BCUT2D eigenvalue weighted by molar-refractivity contribution is 5.95. The van der Waals surface area contributed by atoms with Gasteiger partial charge in [-0.2, -0.15) is 27.2 Å². The number of nitrogens with zero attached hydrogens (tertiary/aromatic N) is 5. The van der Waals surface area contributed by atoms with Gasteiger partial charge in [0.2, 0.25) is 0 Å². The van der Waals surface area contributed by atoms with E-state index in [4.69, 9.17) is 0 Å².